The van der Waals surface area contributed by atoms with E-state index in [-0.39, 0.29) is 22.0 Å². The van der Waals surface area contributed by atoms with Gasteiger partial charge >= 0.3 is 0 Å². The minimum Gasteiger partial charge on any atom is -0.505 e. The molecule has 0 fully saturated rings. The number of anilines is 1. The van der Waals surface area contributed by atoms with Crippen LogP contribution in [0.25, 0.3) is 10.8 Å². The minimum atomic E-state index is -4.69. The number of benzene rings is 4. The summed E-state index contributed by atoms with van der Waals surface area (Å²) in [6.07, 6.45) is 0.339. The molecular formula is C27H24ClN3O6S. The van der Waals surface area contributed by atoms with Gasteiger partial charge in [0.15, 0.2) is 5.75 Å². The van der Waals surface area contributed by atoms with Crippen LogP contribution < -0.4 is 10.1 Å². The predicted octanol–water partition coefficient (Wildman–Crippen LogP) is 7.07. The van der Waals surface area contributed by atoms with Crippen LogP contribution in [-0.4, -0.2) is 30.6 Å². The molecule has 0 aromatic heterocycles. The Balaban J connectivity index is 1.85. The van der Waals surface area contributed by atoms with Crippen LogP contribution in [0.4, 0.5) is 17.1 Å². The Morgan fingerprint density at radius 3 is 2.39 bits per heavy atom. The molecule has 0 bridgehead atoms. The second-order valence-corrected chi connectivity index (χ2v) is 9.99. The van der Waals surface area contributed by atoms with E-state index >= 15 is 0 Å². The Morgan fingerprint density at radius 2 is 1.68 bits per heavy atom. The van der Waals surface area contributed by atoms with Gasteiger partial charge in [-0.1, -0.05) is 54.9 Å². The van der Waals surface area contributed by atoms with Gasteiger partial charge in [-0.25, -0.2) is 0 Å². The molecular weight excluding hydrogens is 530 g/mol. The molecule has 9 nitrogen and oxygen atoms in total. The lowest BCUT2D eigenvalue weighted by Gasteiger charge is -2.14. The van der Waals surface area contributed by atoms with Crippen molar-refractivity contribution < 1.29 is 27.6 Å². The Labute approximate surface area is 224 Å². The minimum absolute atomic E-state index is 0.0513. The van der Waals surface area contributed by atoms with Gasteiger partial charge in [-0.05, 0) is 54.6 Å². The van der Waals surface area contributed by atoms with Crippen LogP contribution >= 0.6 is 11.6 Å². The molecule has 0 aliphatic carbocycles. The van der Waals surface area contributed by atoms with Crippen molar-refractivity contribution in [2.45, 2.75) is 25.2 Å². The molecule has 0 unspecified atom stereocenters. The summed E-state index contributed by atoms with van der Waals surface area (Å²) in [4.78, 5) is 12.7. The van der Waals surface area contributed by atoms with Crippen molar-refractivity contribution >= 4 is 55.5 Å². The highest BCUT2D eigenvalue weighted by atomic mass is 35.5. The molecule has 196 valence electrons. The molecule has 0 spiro atoms. The van der Waals surface area contributed by atoms with Crippen molar-refractivity contribution in [3.05, 3.63) is 82.9 Å². The summed E-state index contributed by atoms with van der Waals surface area (Å²) in [6, 6.07) is 17.9. The predicted molar refractivity (Wildman–Crippen MR) is 146 cm³/mol. The number of carbonyl (C=O) groups excluding carboxylic acids is 1. The lowest BCUT2D eigenvalue weighted by atomic mass is 10.0. The SMILES string of the molecule is CCOc1ccccc1NC(=O)c1cc2ccccc2c(N=Nc2c(CC)cc(Cl)cc2S(=O)(=O)O)c1O. The third kappa shape index (κ3) is 5.62. The molecule has 4 aromatic carbocycles. The first kappa shape index (κ1) is 27.1. The fraction of sp³-hybridized carbons (Fsp3) is 0.148. The number of hydrogen-bond acceptors (Lipinski definition) is 7. The zero-order chi connectivity index (χ0) is 27.4. The first-order valence-corrected chi connectivity index (χ1v) is 13.4. The topological polar surface area (TPSA) is 138 Å². The maximum Gasteiger partial charge on any atom is 0.296 e. The van der Waals surface area contributed by atoms with Crippen LogP contribution in [0.2, 0.25) is 5.02 Å². The highest BCUT2D eigenvalue weighted by Crippen LogP contribution is 2.41. The van der Waals surface area contributed by atoms with E-state index in [1.807, 2.05) is 6.92 Å². The fourth-order valence-corrected chi connectivity index (χ4v) is 4.94. The summed E-state index contributed by atoms with van der Waals surface area (Å²) in [5.41, 5.74) is 0.583. The van der Waals surface area contributed by atoms with E-state index in [1.54, 1.807) is 55.5 Å². The highest BCUT2D eigenvalue weighted by Gasteiger charge is 2.22. The van der Waals surface area contributed by atoms with E-state index < -0.39 is 26.7 Å². The molecule has 0 aliphatic rings. The van der Waals surface area contributed by atoms with Gasteiger partial charge < -0.3 is 15.2 Å². The quantitative estimate of drug-likeness (QED) is 0.157. The molecule has 0 aliphatic heterocycles. The number of para-hydroxylation sites is 2. The molecule has 0 atom stereocenters. The second kappa shape index (κ2) is 11.2. The van der Waals surface area contributed by atoms with Crippen LogP contribution in [0.1, 0.15) is 29.8 Å². The summed E-state index contributed by atoms with van der Waals surface area (Å²) < 4.78 is 39.4. The summed E-state index contributed by atoms with van der Waals surface area (Å²) in [6.45, 7) is 3.98. The van der Waals surface area contributed by atoms with Crippen molar-refractivity contribution in [1.82, 2.24) is 0 Å². The largest absolute Gasteiger partial charge is 0.505 e. The van der Waals surface area contributed by atoms with Gasteiger partial charge in [0.2, 0.25) is 0 Å². The van der Waals surface area contributed by atoms with Gasteiger partial charge in [0.05, 0.1) is 17.9 Å². The zero-order valence-corrected chi connectivity index (χ0v) is 22.0. The molecule has 0 heterocycles. The van der Waals surface area contributed by atoms with E-state index in [4.69, 9.17) is 16.3 Å². The van der Waals surface area contributed by atoms with E-state index in [0.29, 0.717) is 40.8 Å². The number of fused-ring (bicyclic) bond motifs is 1. The summed E-state index contributed by atoms with van der Waals surface area (Å²) in [5.74, 6) is -0.605. The van der Waals surface area contributed by atoms with Crippen molar-refractivity contribution in [2.75, 3.05) is 11.9 Å². The number of amides is 1. The van der Waals surface area contributed by atoms with Gasteiger partial charge in [0.1, 0.15) is 22.0 Å². The van der Waals surface area contributed by atoms with Crippen molar-refractivity contribution in [1.29, 1.82) is 0 Å². The molecule has 4 aromatic rings. The normalized spacial score (nSPS) is 11.7. The Hall–Kier alpha value is -3.99. The van der Waals surface area contributed by atoms with E-state index in [0.717, 1.165) is 6.07 Å². The van der Waals surface area contributed by atoms with E-state index in [2.05, 4.69) is 15.5 Å². The number of rotatable bonds is 8. The maximum absolute atomic E-state index is 13.3. The number of nitrogens with zero attached hydrogens (tertiary/aromatic N) is 2. The third-order valence-electron chi connectivity index (χ3n) is 5.70. The Kier molecular flexibility index (Phi) is 7.96. The van der Waals surface area contributed by atoms with Gasteiger partial charge in [-0.3, -0.25) is 9.35 Å². The third-order valence-corrected chi connectivity index (χ3v) is 6.79. The van der Waals surface area contributed by atoms with Gasteiger partial charge in [-0.2, -0.15) is 8.42 Å². The smallest absolute Gasteiger partial charge is 0.296 e. The fourth-order valence-electron chi connectivity index (χ4n) is 3.94. The summed E-state index contributed by atoms with van der Waals surface area (Å²) in [7, 11) is -4.69. The highest BCUT2D eigenvalue weighted by molar-refractivity contribution is 7.86. The molecule has 4 rings (SSSR count). The molecule has 3 N–H and O–H groups in total. The first-order valence-electron chi connectivity index (χ1n) is 11.6. The lowest BCUT2D eigenvalue weighted by Crippen LogP contribution is -2.13. The monoisotopic (exact) mass is 553 g/mol. The Morgan fingerprint density at radius 1 is 1.00 bits per heavy atom. The standard InChI is InChI=1S/C27H24ClN3O6S/c1-3-16-13-18(28)15-23(38(34,35)36)24(16)30-31-25-19-10-6-5-9-17(19)14-20(26(25)32)27(33)29-21-11-7-8-12-22(21)37-4-2/h5-15,32H,3-4H2,1-2H3,(H,29,33)(H,34,35,36). The number of ether oxygens (including phenoxy) is 1. The molecule has 11 heteroatoms. The number of hydrogen-bond donors (Lipinski definition) is 3. The van der Waals surface area contributed by atoms with Gasteiger partial charge in [0, 0.05) is 10.4 Å². The van der Waals surface area contributed by atoms with Crippen LogP contribution in [0, 0.1) is 0 Å². The molecule has 0 saturated heterocycles. The number of halogens is 1. The number of phenols is 1. The van der Waals surface area contributed by atoms with Crippen molar-refractivity contribution in [3.8, 4) is 11.5 Å². The maximum atomic E-state index is 13.3. The summed E-state index contributed by atoms with van der Waals surface area (Å²) in [5, 5.41) is 23.3. The number of azo groups is 1. The van der Waals surface area contributed by atoms with Crippen molar-refractivity contribution in [2.24, 2.45) is 10.2 Å². The van der Waals surface area contributed by atoms with Crippen LogP contribution in [0.5, 0.6) is 11.5 Å². The molecule has 0 radical (unpaired) electrons. The molecule has 0 saturated carbocycles. The van der Waals surface area contributed by atoms with Gasteiger partial charge in [0.25, 0.3) is 16.0 Å². The van der Waals surface area contributed by atoms with Crippen molar-refractivity contribution in [3.63, 3.8) is 0 Å². The second-order valence-electron chi connectivity index (χ2n) is 8.17. The van der Waals surface area contributed by atoms with E-state index in [1.165, 1.54) is 12.1 Å². The molecule has 38 heavy (non-hydrogen) atoms. The number of aryl methyl sites for hydroxylation is 1. The molecule has 1 amide bonds. The van der Waals surface area contributed by atoms with Crippen LogP contribution in [0.3, 0.4) is 0 Å². The average Bonchev–Trinajstić information content (AvgIpc) is 2.88. The lowest BCUT2D eigenvalue weighted by molar-refractivity contribution is 0.102. The number of carbonyl (C=O) groups is 1. The summed E-state index contributed by atoms with van der Waals surface area (Å²) >= 11 is 6.04. The van der Waals surface area contributed by atoms with Crippen LogP contribution in [0.15, 0.2) is 81.9 Å². The zero-order valence-electron chi connectivity index (χ0n) is 20.5. The first-order chi connectivity index (χ1) is 18.1. The number of phenolic OH excluding ortho intramolecular Hbond substituents is 1. The van der Waals surface area contributed by atoms with Crippen LogP contribution in [-0.2, 0) is 16.5 Å². The number of nitrogens with one attached hydrogen (secondary N) is 1. The van der Waals surface area contributed by atoms with Gasteiger partial charge in [-0.15, -0.1) is 10.2 Å². The number of aromatic hydroxyl groups is 1. The average molecular weight is 554 g/mol. The van der Waals surface area contributed by atoms with E-state index in [9.17, 15) is 22.9 Å². The Bertz CT molecular complexity index is 1670.